The Bertz CT molecular complexity index is 443. The van der Waals surface area contributed by atoms with Crippen molar-refractivity contribution in [3.63, 3.8) is 0 Å². The normalized spacial score (nSPS) is 16.4. The Balaban J connectivity index is 1.96. The van der Waals surface area contributed by atoms with Crippen LogP contribution >= 0.6 is 0 Å². The molecule has 1 aliphatic heterocycles. The zero-order chi connectivity index (χ0) is 13.2. The van der Waals surface area contributed by atoms with Crippen molar-refractivity contribution in [3.05, 3.63) is 24.0 Å². The molecule has 0 fully saturated rings. The first-order valence-electron chi connectivity index (χ1n) is 6.12. The maximum Gasteiger partial charge on any atom is 0.410 e. The molecule has 2 rings (SSSR count). The maximum absolute atomic E-state index is 11.9. The van der Waals surface area contributed by atoms with Crippen LogP contribution in [0.25, 0.3) is 5.57 Å². The van der Waals surface area contributed by atoms with Crippen molar-refractivity contribution in [2.75, 3.05) is 13.1 Å². The van der Waals surface area contributed by atoms with E-state index in [4.69, 9.17) is 4.74 Å². The van der Waals surface area contributed by atoms with Gasteiger partial charge in [-0.2, -0.15) is 5.10 Å². The Labute approximate surface area is 107 Å². The van der Waals surface area contributed by atoms with E-state index in [0.29, 0.717) is 13.1 Å². The summed E-state index contributed by atoms with van der Waals surface area (Å²) in [6.07, 6.45) is 6.31. The number of H-pyrrole nitrogens is 1. The molecule has 5 nitrogen and oxygen atoms in total. The average Bonchev–Trinajstić information content (AvgIpc) is 2.80. The molecule has 0 spiro atoms. The van der Waals surface area contributed by atoms with Gasteiger partial charge in [0.2, 0.25) is 0 Å². The third-order valence-corrected chi connectivity index (χ3v) is 2.73. The molecule has 98 valence electrons. The zero-order valence-electron chi connectivity index (χ0n) is 11.1. The van der Waals surface area contributed by atoms with Crippen LogP contribution in [0.2, 0.25) is 0 Å². The topological polar surface area (TPSA) is 58.2 Å². The molecule has 1 aromatic heterocycles. The summed E-state index contributed by atoms with van der Waals surface area (Å²) in [5, 5.41) is 6.72. The van der Waals surface area contributed by atoms with Crippen molar-refractivity contribution in [1.82, 2.24) is 15.1 Å². The van der Waals surface area contributed by atoms with Crippen molar-refractivity contribution < 1.29 is 9.53 Å². The van der Waals surface area contributed by atoms with Crippen LogP contribution in [-0.2, 0) is 4.74 Å². The number of ether oxygens (including phenoxy) is 1. The van der Waals surface area contributed by atoms with Gasteiger partial charge in [-0.1, -0.05) is 6.08 Å². The quantitative estimate of drug-likeness (QED) is 0.831. The first-order valence-corrected chi connectivity index (χ1v) is 6.12. The Kier molecular flexibility index (Phi) is 3.41. The number of rotatable bonds is 1. The highest BCUT2D eigenvalue weighted by Gasteiger charge is 2.23. The Morgan fingerprint density at radius 1 is 1.50 bits per heavy atom. The van der Waals surface area contributed by atoms with Gasteiger partial charge in [-0.25, -0.2) is 4.79 Å². The number of carbonyl (C=O) groups excluding carboxylic acids is 1. The minimum Gasteiger partial charge on any atom is -0.444 e. The smallest absolute Gasteiger partial charge is 0.410 e. The predicted octanol–water partition coefficient (Wildman–Crippen LogP) is 2.43. The van der Waals surface area contributed by atoms with Crippen LogP contribution in [0.3, 0.4) is 0 Å². The molecule has 0 unspecified atom stereocenters. The van der Waals surface area contributed by atoms with Crippen molar-refractivity contribution >= 4 is 11.7 Å². The van der Waals surface area contributed by atoms with Crippen LogP contribution in [0.1, 0.15) is 32.8 Å². The molecule has 0 saturated carbocycles. The molecule has 0 atom stereocenters. The van der Waals surface area contributed by atoms with Crippen LogP contribution in [0, 0.1) is 0 Å². The highest BCUT2D eigenvalue weighted by molar-refractivity contribution is 5.72. The number of hydrogen-bond donors (Lipinski definition) is 1. The van der Waals surface area contributed by atoms with Crippen LogP contribution in [-0.4, -0.2) is 39.9 Å². The molecule has 1 aliphatic rings. The Morgan fingerprint density at radius 2 is 2.28 bits per heavy atom. The minimum atomic E-state index is -0.439. The maximum atomic E-state index is 11.9. The molecule has 1 amide bonds. The van der Waals surface area contributed by atoms with E-state index in [-0.39, 0.29) is 6.09 Å². The molecular formula is C13H19N3O2. The van der Waals surface area contributed by atoms with Gasteiger partial charge in [-0.05, 0) is 32.8 Å². The fourth-order valence-corrected chi connectivity index (χ4v) is 1.85. The van der Waals surface area contributed by atoms with Crippen LogP contribution in [0.4, 0.5) is 4.79 Å². The zero-order valence-corrected chi connectivity index (χ0v) is 11.1. The molecule has 18 heavy (non-hydrogen) atoms. The molecule has 1 N–H and O–H groups in total. The second-order valence-corrected chi connectivity index (χ2v) is 5.39. The summed E-state index contributed by atoms with van der Waals surface area (Å²) in [5.41, 5.74) is 1.88. The second-order valence-electron chi connectivity index (χ2n) is 5.39. The van der Waals surface area contributed by atoms with Crippen LogP contribution in [0.15, 0.2) is 18.5 Å². The number of aromatic nitrogens is 2. The SMILES string of the molecule is CC(C)(C)OC(=O)N1CC=C(c2cn[nH]c2)CC1. The highest BCUT2D eigenvalue weighted by atomic mass is 16.6. The number of amides is 1. The lowest BCUT2D eigenvalue weighted by atomic mass is 10.0. The van der Waals surface area contributed by atoms with E-state index in [2.05, 4.69) is 16.3 Å². The van der Waals surface area contributed by atoms with Gasteiger partial charge < -0.3 is 9.64 Å². The van der Waals surface area contributed by atoms with E-state index < -0.39 is 5.60 Å². The molecule has 0 bridgehead atoms. The summed E-state index contributed by atoms with van der Waals surface area (Å²) in [6, 6.07) is 0. The van der Waals surface area contributed by atoms with Gasteiger partial charge in [-0.15, -0.1) is 0 Å². The summed E-state index contributed by atoms with van der Waals surface area (Å²) in [6.45, 7) is 6.91. The predicted molar refractivity (Wildman–Crippen MR) is 69.0 cm³/mol. The molecule has 0 aliphatic carbocycles. The van der Waals surface area contributed by atoms with E-state index in [9.17, 15) is 4.79 Å². The molecule has 0 saturated heterocycles. The van der Waals surface area contributed by atoms with Crippen molar-refractivity contribution in [2.24, 2.45) is 0 Å². The van der Waals surface area contributed by atoms with Crippen molar-refractivity contribution in [2.45, 2.75) is 32.8 Å². The molecule has 5 heteroatoms. The number of carbonyl (C=O) groups is 1. The molecular weight excluding hydrogens is 230 g/mol. The summed E-state index contributed by atoms with van der Waals surface area (Å²) in [5.74, 6) is 0. The third-order valence-electron chi connectivity index (χ3n) is 2.73. The first kappa shape index (κ1) is 12.7. The third kappa shape index (κ3) is 3.12. The fraction of sp³-hybridized carbons (Fsp3) is 0.538. The first-order chi connectivity index (χ1) is 8.46. The van der Waals surface area contributed by atoms with Crippen molar-refractivity contribution in [3.8, 4) is 0 Å². The van der Waals surface area contributed by atoms with Crippen LogP contribution in [0.5, 0.6) is 0 Å². The lowest BCUT2D eigenvalue weighted by Gasteiger charge is -2.29. The van der Waals surface area contributed by atoms with E-state index in [0.717, 1.165) is 12.0 Å². The summed E-state index contributed by atoms with van der Waals surface area (Å²) in [7, 11) is 0. The number of aromatic amines is 1. The van der Waals surface area contributed by atoms with Gasteiger partial charge in [0.1, 0.15) is 5.60 Å². The largest absolute Gasteiger partial charge is 0.444 e. The Morgan fingerprint density at radius 3 is 2.78 bits per heavy atom. The van der Waals surface area contributed by atoms with Crippen molar-refractivity contribution in [1.29, 1.82) is 0 Å². The van der Waals surface area contributed by atoms with Gasteiger partial charge >= 0.3 is 6.09 Å². The summed E-state index contributed by atoms with van der Waals surface area (Å²) < 4.78 is 5.34. The second kappa shape index (κ2) is 4.84. The van der Waals surface area contributed by atoms with Gasteiger partial charge in [0.25, 0.3) is 0 Å². The Hall–Kier alpha value is -1.78. The highest BCUT2D eigenvalue weighted by Crippen LogP contribution is 2.22. The number of hydrogen-bond acceptors (Lipinski definition) is 3. The van der Waals surface area contributed by atoms with E-state index in [1.807, 2.05) is 27.0 Å². The van der Waals surface area contributed by atoms with Gasteiger partial charge in [-0.3, -0.25) is 5.10 Å². The average molecular weight is 249 g/mol. The summed E-state index contributed by atoms with van der Waals surface area (Å²) in [4.78, 5) is 13.6. The molecule has 0 aromatic carbocycles. The lowest BCUT2D eigenvalue weighted by Crippen LogP contribution is -2.39. The van der Waals surface area contributed by atoms with E-state index in [1.165, 1.54) is 5.57 Å². The molecule has 2 heterocycles. The van der Waals surface area contributed by atoms with E-state index >= 15 is 0 Å². The van der Waals surface area contributed by atoms with Crippen LogP contribution < -0.4 is 0 Å². The standard InChI is InChI=1S/C13H19N3O2/c1-13(2,3)18-12(17)16-6-4-10(5-7-16)11-8-14-15-9-11/h4,8-9H,5-7H2,1-3H3,(H,14,15). The summed E-state index contributed by atoms with van der Waals surface area (Å²) >= 11 is 0. The number of nitrogens with one attached hydrogen (secondary N) is 1. The molecule has 0 radical (unpaired) electrons. The molecule has 1 aromatic rings. The lowest BCUT2D eigenvalue weighted by molar-refractivity contribution is 0.0270. The van der Waals surface area contributed by atoms with Gasteiger partial charge in [0.15, 0.2) is 0 Å². The fourth-order valence-electron chi connectivity index (χ4n) is 1.85. The van der Waals surface area contributed by atoms with Gasteiger partial charge in [0, 0.05) is 24.8 Å². The minimum absolute atomic E-state index is 0.245. The van der Waals surface area contributed by atoms with E-state index in [1.54, 1.807) is 11.1 Å². The number of nitrogens with zero attached hydrogens (tertiary/aromatic N) is 2. The monoisotopic (exact) mass is 249 g/mol. The van der Waals surface area contributed by atoms with Gasteiger partial charge in [0.05, 0.1) is 6.20 Å².